The minimum absolute atomic E-state index is 0.00515. The summed E-state index contributed by atoms with van der Waals surface area (Å²) in [5.74, 6) is -1.40. The van der Waals surface area contributed by atoms with Crippen molar-refractivity contribution < 1.29 is 29.3 Å². The Balaban J connectivity index is 1.67. The molecule has 1 rings (SSSR count). The first-order valence-electron chi connectivity index (χ1n) is 33.8. The molecule has 0 spiro atoms. The highest BCUT2D eigenvalue weighted by molar-refractivity contribution is 5.80. The Kier molecular flexibility index (Phi) is 55.1. The van der Waals surface area contributed by atoms with E-state index in [4.69, 9.17) is 9.47 Å². The van der Waals surface area contributed by atoms with Crippen LogP contribution in [0, 0.1) is 11.3 Å². The van der Waals surface area contributed by atoms with Gasteiger partial charge in [0.2, 0.25) is 0 Å². The molecule has 6 heteroatoms. The van der Waals surface area contributed by atoms with Gasteiger partial charge in [0, 0.05) is 0 Å². The number of esters is 2. The van der Waals surface area contributed by atoms with Crippen LogP contribution in [0.4, 0.5) is 0 Å². The van der Waals surface area contributed by atoms with Crippen LogP contribution < -0.4 is 0 Å². The molecule has 1 aliphatic rings. The van der Waals surface area contributed by atoms with Crippen molar-refractivity contribution in [3.8, 4) is 0 Å². The van der Waals surface area contributed by atoms with Crippen LogP contribution in [0.25, 0.3) is 0 Å². The number of hydrogen-bond acceptors (Lipinski definition) is 6. The van der Waals surface area contributed by atoms with Gasteiger partial charge >= 0.3 is 11.9 Å². The molecule has 438 valence electrons. The summed E-state index contributed by atoms with van der Waals surface area (Å²) in [6, 6.07) is 0. The van der Waals surface area contributed by atoms with Crippen LogP contribution in [0.2, 0.25) is 0 Å². The number of aliphatic hydroxyl groups is 2. The largest absolute Gasteiger partial charge is 0.465 e. The highest BCUT2D eigenvalue weighted by Crippen LogP contribution is 2.25. The van der Waals surface area contributed by atoms with E-state index >= 15 is 0 Å². The third-order valence-corrected chi connectivity index (χ3v) is 16.8. The molecule has 0 aromatic carbocycles. The average molecular weight is 1040 g/mol. The van der Waals surface area contributed by atoms with Crippen LogP contribution in [-0.4, -0.2) is 48.6 Å². The van der Waals surface area contributed by atoms with Crippen molar-refractivity contribution in [1.29, 1.82) is 0 Å². The van der Waals surface area contributed by atoms with Crippen molar-refractivity contribution in [3.05, 3.63) is 12.2 Å². The van der Waals surface area contributed by atoms with Crippen molar-refractivity contribution in [2.75, 3.05) is 26.4 Å². The average Bonchev–Trinajstić information content (AvgIpc) is 3.47. The molecule has 0 aromatic rings. The van der Waals surface area contributed by atoms with Gasteiger partial charge in [0.05, 0.1) is 31.0 Å². The zero-order valence-electron chi connectivity index (χ0n) is 49.9. The quantitative estimate of drug-likeness (QED) is 0.0358. The minimum atomic E-state index is -1.12. The smallest absolute Gasteiger partial charge is 0.309 e. The van der Waals surface area contributed by atoms with Gasteiger partial charge in [-0.3, -0.25) is 9.59 Å². The SMILES string of the molecule is CCCCCCCCCCCCC/C=C/CCCCCCCCCCCCCCCCCCCCCCCCCCCCCCCCCCCCCCCCCCCCC1CC(=O)OCC(CO)(CO)COC1=O. The Morgan fingerprint density at radius 3 is 0.838 bits per heavy atom. The molecule has 1 unspecified atom stereocenters. The highest BCUT2D eigenvalue weighted by Gasteiger charge is 2.36. The molecule has 0 saturated carbocycles. The third kappa shape index (κ3) is 48.9. The van der Waals surface area contributed by atoms with Crippen LogP contribution in [-0.2, 0) is 19.1 Å². The Bertz CT molecular complexity index is 1160. The molecule has 0 amide bonds. The van der Waals surface area contributed by atoms with Crippen LogP contribution in [0.5, 0.6) is 0 Å². The van der Waals surface area contributed by atoms with Gasteiger partial charge in [-0.05, 0) is 32.1 Å². The van der Waals surface area contributed by atoms with E-state index < -0.39 is 36.5 Å². The second-order valence-electron chi connectivity index (χ2n) is 24.2. The van der Waals surface area contributed by atoms with Crippen LogP contribution in [0.1, 0.15) is 373 Å². The van der Waals surface area contributed by atoms with E-state index in [1.165, 1.54) is 334 Å². The third-order valence-electron chi connectivity index (χ3n) is 16.8. The van der Waals surface area contributed by atoms with Gasteiger partial charge in [0.25, 0.3) is 0 Å². The van der Waals surface area contributed by atoms with E-state index in [9.17, 15) is 19.8 Å². The molecule has 1 aliphatic heterocycles. The standard InChI is InChI=1S/C68H130O6/c1-2-3-4-5-6-7-8-9-10-11-12-13-14-15-16-17-18-19-20-21-22-23-24-25-26-27-28-29-30-31-32-33-34-35-36-37-38-39-40-41-42-43-44-45-46-47-48-49-50-51-52-53-54-55-56-57-58-59-65-60-66(71)73-63-68(61-69,62-70)64-74-67(65)72/h14-15,65,69-70H,2-13,16-64H2,1H3/b15-14+. The fraction of sp³-hybridized carbons (Fsp3) is 0.941. The van der Waals surface area contributed by atoms with E-state index in [1.807, 2.05) is 0 Å². The summed E-state index contributed by atoms with van der Waals surface area (Å²) in [6.07, 6.45) is 83.1. The first-order chi connectivity index (χ1) is 36.6. The van der Waals surface area contributed by atoms with Crippen molar-refractivity contribution in [3.63, 3.8) is 0 Å². The van der Waals surface area contributed by atoms with Crippen molar-refractivity contribution in [2.24, 2.45) is 11.3 Å². The van der Waals surface area contributed by atoms with Gasteiger partial charge in [-0.2, -0.15) is 0 Å². The predicted octanol–water partition coefficient (Wildman–Crippen LogP) is 21.5. The first kappa shape index (κ1) is 70.6. The van der Waals surface area contributed by atoms with Gasteiger partial charge in [-0.15, -0.1) is 0 Å². The van der Waals surface area contributed by atoms with E-state index in [-0.39, 0.29) is 19.6 Å². The number of unbranched alkanes of at least 4 members (excludes halogenated alkanes) is 53. The summed E-state index contributed by atoms with van der Waals surface area (Å²) < 4.78 is 10.6. The number of aliphatic hydroxyl groups excluding tert-OH is 2. The van der Waals surface area contributed by atoms with E-state index in [0.717, 1.165) is 19.3 Å². The van der Waals surface area contributed by atoms with E-state index in [1.54, 1.807) is 0 Å². The molecule has 0 radical (unpaired) electrons. The summed E-state index contributed by atoms with van der Waals surface area (Å²) in [7, 11) is 0. The molecule has 2 N–H and O–H groups in total. The molecule has 0 bridgehead atoms. The van der Waals surface area contributed by atoms with Gasteiger partial charge < -0.3 is 19.7 Å². The van der Waals surface area contributed by atoms with E-state index in [0.29, 0.717) is 6.42 Å². The lowest BCUT2D eigenvalue weighted by Gasteiger charge is -2.27. The van der Waals surface area contributed by atoms with Gasteiger partial charge in [-0.25, -0.2) is 0 Å². The number of hydrogen-bond donors (Lipinski definition) is 2. The highest BCUT2D eigenvalue weighted by atomic mass is 16.6. The van der Waals surface area contributed by atoms with E-state index in [2.05, 4.69) is 19.1 Å². The van der Waals surface area contributed by atoms with Gasteiger partial charge in [-0.1, -0.05) is 347 Å². The fourth-order valence-corrected chi connectivity index (χ4v) is 11.3. The molecule has 1 saturated heterocycles. The Morgan fingerprint density at radius 1 is 0.351 bits per heavy atom. The maximum Gasteiger partial charge on any atom is 0.309 e. The van der Waals surface area contributed by atoms with Gasteiger partial charge in [0.15, 0.2) is 0 Å². The fourth-order valence-electron chi connectivity index (χ4n) is 11.3. The molecular weight excluding hydrogens is 913 g/mol. The van der Waals surface area contributed by atoms with Gasteiger partial charge in [0.1, 0.15) is 13.2 Å². The number of carbonyl (C=O) groups excluding carboxylic acids is 2. The minimum Gasteiger partial charge on any atom is -0.465 e. The zero-order chi connectivity index (χ0) is 53.2. The molecule has 1 fully saturated rings. The Morgan fingerprint density at radius 2 is 0.581 bits per heavy atom. The van der Waals surface area contributed by atoms with Crippen LogP contribution in [0.3, 0.4) is 0 Å². The maximum atomic E-state index is 12.6. The summed E-state index contributed by atoms with van der Waals surface area (Å²) in [5.41, 5.74) is -1.12. The normalized spacial score (nSPS) is 15.1. The van der Waals surface area contributed by atoms with Crippen molar-refractivity contribution in [2.45, 2.75) is 373 Å². The number of rotatable bonds is 59. The van der Waals surface area contributed by atoms with Crippen LogP contribution in [0.15, 0.2) is 12.2 Å². The maximum absolute atomic E-state index is 12.6. The predicted molar refractivity (Wildman–Crippen MR) is 320 cm³/mol. The molecule has 1 heterocycles. The summed E-state index contributed by atoms with van der Waals surface area (Å²) in [4.78, 5) is 24.8. The molecular formula is C68H130O6. The Labute approximate surface area is 462 Å². The Hall–Kier alpha value is -1.40. The summed E-state index contributed by atoms with van der Waals surface area (Å²) >= 11 is 0. The van der Waals surface area contributed by atoms with Crippen LogP contribution >= 0.6 is 0 Å². The lowest BCUT2D eigenvalue weighted by molar-refractivity contribution is -0.155. The topological polar surface area (TPSA) is 93.1 Å². The number of allylic oxidation sites excluding steroid dienone is 2. The second-order valence-corrected chi connectivity index (χ2v) is 24.2. The molecule has 0 aliphatic carbocycles. The lowest BCUT2D eigenvalue weighted by atomic mass is 9.92. The first-order valence-corrected chi connectivity index (χ1v) is 33.8. The molecule has 1 atom stereocenters. The molecule has 0 aromatic heterocycles. The lowest BCUT2D eigenvalue weighted by Crippen LogP contribution is -2.40. The number of carbonyl (C=O) groups is 2. The number of cyclic esters (lactones) is 2. The number of ether oxygens (including phenoxy) is 2. The monoisotopic (exact) mass is 1040 g/mol. The van der Waals surface area contributed by atoms with Crippen molar-refractivity contribution >= 4 is 11.9 Å². The summed E-state index contributed by atoms with van der Waals surface area (Å²) in [5, 5.41) is 19.2. The second kappa shape index (κ2) is 57.8. The summed E-state index contributed by atoms with van der Waals surface area (Å²) in [6.45, 7) is 1.21. The van der Waals surface area contributed by atoms with Crippen molar-refractivity contribution in [1.82, 2.24) is 0 Å². The molecule has 6 nitrogen and oxygen atoms in total. The molecule has 74 heavy (non-hydrogen) atoms. The zero-order valence-corrected chi connectivity index (χ0v) is 49.9.